The van der Waals surface area contributed by atoms with Crippen molar-refractivity contribution >= 4 is 35.2 Å². The molecule has 1 aliphatic heterocycles. The van der Waals surface area contributed by atoms with Gasteiger partial charge in [0.05, 0.1) is 5.60 Å². The maximum absolute atomic E-state index is 13.5. The fraction of sp³-hybridized carbons (Fsp3) is 0.700. The van der Waals surface area contributed by atoms with E-state index in [0.29, 0.717) is 47.7 Å². The van der Waals surface area contributed by atoms with Gasteiger partial charge in [-0.1, -0.05) is 17.7 Å². The first-order valence-corrected chi connectivity index (χ1v) is 14.8. The molecule has 3 unspecified atom stereocenters. The second-order valence-corrected chi connectivity index (χ2v) is 14.3. The van der Waals surface area contributed by atoms with E-state index in [0.717, 1.165) is 50.6 Å². The number of hydrogen-bond acceptors (Lipinski definition) is 5. The number of rotatable bonds is 6. The standard InChI is InChI=1S/C30H40ClN3O5/c1-28(2,3)39-27(37)33-30(7-8-30)26(36)32-22-5-4-18(23(31)13-22)12-19-6-9-34(25(19)35)24-20-10-17-11-21(24)16-29(38,14-17)15-20/h4-5,13,17,19-21,24,38H,6-12,14-16H2,1-3H3,(H,32,36)(H,33,37). The van der Waals surface area contributed by atoms with E-state index in [1.54, 1.807) is 32.9 Å². The van der Waals surface area contributed by atoms with Crippen molar-refractivity contribution in [3.8, 4) is 0 Å². The van der Waals surface area contributed by atoms with Crippen molar-refractivity contribution in [2.24, 2.45) is 23.7 Å². The number of anilines is 1. The number of benzene rings is 1. The SMILES string of the molecule is CC(C)(C)OC(=O)NC1(C(=O)Nc2ccc(CC3CCN(C4C5CC6CC4CC(O)(C6)C5)C3=O)c(Cl)c2)CC1. The highest BCUT2D eigenvalue weighted by Crippen LogP contribution is 2.57. The molecular formula is C30H40ClN3O5. The van der Waals surface area contributed by atoms with Crippen LogP contribution < -0.4 is 10.6 Å². The molecule has 39 heavy (non-hydrogen) atoms. The summed E-state index contributed by atoms with van der Waals surface area (Å²) in [5, 5.41) is 17.0. The first-order chi connectivity index (χ1) is 18.3. The van der Waals surface area contributed by atoms with Gasteiger partial charge in [-0.3, -0.25) is 9.59 Å². The Morgan fingerprint density at radius 1 is 1.15 bits per heavy atom. The fourth-order valence-corrected chi connectivity index (χ4v) is 8.31. The molecule has 1 saturated heterocycles. The molecule has 212 valence electrons. The molecule has 3 atom stereocenters. The van der Waals surface area contributed by atoms with E-state index in [4.69, 9.17) is 16.3 Å². The zero-order chi connectivity index (χ0) is 27.7. The molecule has 7 rings (SSSR count). The van der Waals surface area contributed by atoms with Gasteiger partial charge in [-0.25, -0.2) is 4.79 Å². The molecule has 3 N–H and O–H groups in total. The minimum Gasteiger partial charge on any atom is -0.444 e. The monoisotopic (exact) mass is 557 g/mol. The quantitative estimate of drug-likeness (QED) is 0.471. The molecule has 5 saturated carbocycles. The number of nitrogens with zero attached hydrogens (tertiary/aromatic N) is 1. The van der Waals surface area contributed by atoms with E-state index < -0.39 is 22.8 Å². The van der Waals surface area contributed by atoms with E-state index in [1.165, 1.54) is 0 Å². The highest BCUT2D eigenvalue weighted by Gasteiger charge is 2.57. The predicted octanol–water partition coefficient (Wildman–Crippen LogP) is 4.67. The van der Waals surface area contributed by atoms with Gasteiger partial charge in [0.2, 0.25) is 11.8 Å². The summed E-state index contributed by atoms with van der Waals surface area (Å²) in [5.41, 5.74) is -0.652. The van der Waals surface area contributed by atoms with E-state index in [2.05, 4.69) is 15.5 Å². The molecular weight excluding hydrogens is 518 g/mol. The number of alkyl carbamates (subject to hydrolysis) is 1. The molecule has 1 heterocycles. The van der Waals surface area contributed by atoms with Crippen LogP contribution in [0.4, 0.5) is 10.5 Å². The van der Waals surface area contributed by atoms with Crippen LogP contribution in [0.25, 0.3) is 0 Å². The molecule has 3 amide bonds. The van der Waals surface area contributed by atoms with Crippen molar-refractivity contribution in [3.63, 3.8) is 0 Å². The number of halogens is 1. The fourth-order valence-electron chi connectivity index (χ4n) is 8.05. The predicted molar refractivity (Wildman–Crippen MR) is 147 cm³/mol. The minimum atomic E-state index is -0.958. The van der Waals surface area contributed by atoms with Crippen LogP contribution in [0.3, 0.4) is 0 Å². The van der Waals surface area contributed by atoms with Gasteiger partial charge in [0.25, 0.3) is 0 Å². The lowest BCUT2D eigenvalue weighted by Crippen LogP contribution is -2.62. The third kappa shape index (κ3) is 5.26. The molecule has 6 aliphatic rings. The summed E-state index contributed by atoms with van der Waals surface area (Å²) < 4.78 is 5.31. The molecule has 0 aromatic heterocycles. The lowest BCUT2D eigenvalue weighted by molar-refractivity contribution is -0.168. The zero-order valence-electron chi connectivity index (χ0n) is 23.1. The second-order valence-electron chi connectivity index (χ2n) is 13.9. The molecule has 8 nitrogen and oxygen atoms in total. The van der Waals surface area contributed by atoms with Crippen LogP contribution in [0.2, 0.25) is 5.02 Å². The normalized spacial score (nSPS) is 34.2. The topological polar surface area (TPSA) is 108 Å². The second kappa shape index (κ2) is 9.37. The van der Waals surface area contributed by atoms with E-state index in [-0.39, 0.29) is 23.8 Å². The van der Waals surface area contributed by atoms with Gasteiger partial charge in [0.15, 0.2) is 0 Å². The van der Waals surface area contributed by atoms with Crippen LogP contribution in [0.15, 0.2) is 18.2 Å². The number of likely N-dealkylation sites (tertiary alicyclic amines) is 1. The molecule has 4 bridgehead atoms. The number of hydrogen-bond donors (Lipinski definition) is 3. The van der Waals surface area contributed by atoms with Crippen molar-refractivity contribution < 1.29 is 24.2 Å². The van der Waals surface area contributed by atoms with Gasteiger partial charge in [-0.2, -0.15) is 0 Å². The number of carbonyl (C=O) groups excluding carboxylic acids is 3. The first kappa shape index (κ1) is 26.9. The van der Waals surface area contributed by atoms with Gasteiger partial charge in [0, 0.05) is 29.2 Å². The molecule has 5 aliphatic carbocycles. The highest BCUT2D eigenvalue weighted by atomic mass is 35.5. The summed E-state index contributed by atoms with van der Waals surface area (Å²) in [4.78, 5) is 40.8. The number of aliphatic hydroxyl groups is 1. The summed E-state index contributed by atoms with van der Waals surface area (Å²) in [6.07, 6.45) is 6.79. The minimum absolute atomic E-state index is 0.101. The molecule has 6 fully saturated rings. The Bertz CT molecular complexity index is 1180. The third-order valence-electron chi connectivity index (χ3n) is 9.60. The number of carbonyl (C=O) groups is 3. The Kier molecular flexibility index (Phi) is 6.46. The maximum atomic E-state index is 13.5. The zero-order valence-corrected chi connectivity index (χ0v) is 23.9. The Hall–Kier alpha value is -2.32. The van der Waals surface area contributed by atoms with E-state index in [1.807, 2.05) is 6.07 Å². The lowest BCUT2D eigenvalue weighted by atomic mass is 9.52. The third-order valence-corrected chi connectivity index (χ3v) is 9.96. The van der Waals surface area contributed by atoms with Gasteiger partial charge in [-0.15, -0.1) is 0 Å². The molecule has 9 heteroatoms. The smallest absolute Gasteiger partial charge is 0.408 e. The summed E-state index contributed by atoms with van der Waals surface area (Å²) in [6, 6.07) is 5.68. The van der Waals surface area contributed by atoms with Crippen LogP contribution in [-0.4, -0.2) is 57.2 Å². The van der Waals surface area contributed by atoms with Crippen LogP contribution in [-0.2, 0) is 20.7 Å². The Morgan fingerprint density at radius 2 is 1.85 bits per heavy atom. The lowest BCUT2D eigenvalue weighted by Gasteiger charge is -2.59. The largest absolute Gasteiger partial charge is 0.444 e. The summed E-state index contributed by atoms with van der Waals surface area (Å²) in [5.74, 6) is 1.30. The Morgan fingerprint density at radius 3 is 2.44 bits per heavy atom. The van der Waals surface area contributed by atoms with Crippen LogP contribution in [0, 0.1) is 23.7 Å². The van der Waals surface area contributed by atoms with Gasteiger partial charge >= 0.3 is 6.09 Å². The molecule has 1 aromatic rings. The maximum Gasteiger partial charge on any atom is 0.408 e. The van der Waals surface area contributed by atoms with Crippen molar-refractivity contribution in [2.75, 3.05) is 11.9 Å². The average Bonchev–Trinajstić information content (AvgIpc) is 3.50. The van der Waals surface area contributed by atoms with Crippen LogP contribution in [0.1, 0.15) is 77.7 Å². The van der Waals surface area contributed by atoms with Gasteiger partial charge < -0.3 is 25.4 Å². The summed E-state index contributed by atoms with van der Waals surface area (Å²) >= 11 is 6.63. The number of nitrogens with one attached hydrogen (secondary N) is 2. The molecule has 1 aromatic carbocycles. The first-order valence-electron chi connectivity index (χ1n) is 14.5. The molecule has 0 radical (unpaired) electrons. The van der Waals surface area contributed by atoms with E-state index in [9.17, 15) is 19.5 Å². The summed E-state index contributed by atoms with van der Waals surface area (Å²) in [6.45, 7) is 6.12. The van der Waals surface area contributed by atoms with Crippen molar-refractivity contribution in [3.05, 3.63) is 28.8 Å². The van der Waals surface area contributed by atoms with Crippen LogP contribution >= 0.6 is 11.6 Å². The van der Waals surface area contributed by atoms with Gasteiger partial charge in [-0.05, 0) is 114 Å². The summed E-state index contributed by atoms with van der Waals surface area (Å²) in [7, 11) is 0. The van der Waals surface area contributed by atoms with Crippen LogP contribution in [0.5, 0.6) is 0 Å². The van der Waals surface area contributed by atoms with Crippen molar-refractivity contribution in [2.45, 2.75) is 101 Å². The number of amides is 3. The van der Waals surface area contributed by atoms with Crippen molar-refractivity contribution in [1.29, 1.82) is 0 Å². The van der Waals surface area contributed by atoms with Gasteiger partial charge in [0.1, 0.15) is 11.1 Å². The highest BCUT2D eigenvalue weighted by molar-refractivity contribution is 6.31. The number of ether oxygens (including phenoxy) is 1. The average molecular weight is 558 g/mol. The molecule has 0 spiro atoms. The van der Waals surface area contributed by atoms with Crippen molar-refractivity contribution in [1.82, 2.24) is 10.2 Å². The van der Waals surface area contributed by atoms with E-state index >= 15 is 0 Å². The Labute approximate surface area is 235 Å². The Balaban J connectivity index is 1.06.